The van der Waals surface area contributed by atoms with E-state index in [0.29, 0.717) is 29.8 Å². The summed E-state index contributed by atoms with van der Waals surface area (Å²) in [6.45, 7) is 1.09. The zero-order valence-corrected chi connectivity index (χ0v) is 16.0. The van der Waals surface area contributed by atoms with Crippen LogP contribution in [0.5, 0.6) is 0 Å². The lowest BCUT2D eigenvalue weighted by Crippen LogP contribution is -2.33. The number of nitrogens with two attached hydrogens (primary N) is 1. The average Bonchev–Trinajstić information content (AvgIpc) is 3.16. The fraction of sp³-hybridized carbons (Fsp3) is 0.227. The van der Waals surface area contributed by atoms with Crippen molar-refractivity contribution in [3.63, 3.8) is 0 Å². The van der Waals surface area contributed by atoms with Gasteiger partial charge in [0.15, 0.2) is 0 Å². The first kappa shape index (κ1) is 18.9. The van der Waals surface area contributed by atoms with Crippen LogP contribution in [0.3, 0.4) is 0 Å². The van der Waals surface area contributed by atoms with Crippen LogP contribution in [0.15, 0.2) is 60.8 Å². The Kier molecular flexibility index (Phi) is 5.39. The van der Waals surface area contributed by atoms with Crippen molar-refractivity contribution >= 4 is 17.5 Å². The molecule has 1 aliphatic heterocycles. The molecule has 0 radical (unpaired) electrons. The minimum absolute atomic E-state index is 0.0654. The molecule has 0 bridgehead atoms. The van der Waals surface area contributed by atoms with E-state index in [2.05, 4.69) is 15.7 Å². The van der Waals surface area contributed by atoms with E-state index >= 15 is 0 Å². The Labute approximate surface area is 168 Å². The molecule has 29 heavy (non-hydrogen) atoms. The van der Waals surface area contributed by atoms with Crippen LogP contribution < -0.4 is 16.4 Å². The second-order valence-electron chi connectivity index (χ2n) is 7.18. The van der Waals surface area contributed by atoms with Crippen molar-refractivity contribution in [1.82, 2.24) is 15.1 Å². The van der Waals surface area contributed by atoms with Gasteiger partial charge in [0.25, 0.3) is 11.8 Å². The number of hydrogen-bond acceptors (Lipinski definition) is 4. The quantitative estimate of drug-likeness (QED) is 0.623. The van der Waals surface area contributed by atoms with Gasteiger partial charge in [-0.15, -0.1) is 0 Å². The van der Waals surface area contributed by atoms with Gasteiger partial charge in [0, 0.05) is 36.8 Å². The molecule has 4 rings (SSSR count). The van der Waals surface area contributed by atoms with Gasteiger partial charge >= 0.3 is 0 Å². The number of nitrogens with zero attached hydrogens (tertiary/aromatic N) is 2. The number of rotatable bonds is 5. The predicted octanol–water partition coefficient (Wildman–Crippen LogP) is 2.34. The summed E-state index contributed by atoms with van der Waals surface area (Å²) in [7, 11) is 0. The molecule has 1 aromatic heterocycles. The lowest BCUT2D eigenvalue weighted by molar-refractivity contribution is 0.0948. The lowest BCUT2D eigenvalue weighted by Gasteiger charge is -2.20. The fourth-order valence-corrected chi connectivity index (χ4v) is 3.48. The summed E-state index contributed by atoms with van der Waals surface area (Å²) >= 11 is 0. The van der Waals surface area contributed by atoms with Crippen molar-refractivity contribution in [1.29, 1.82) is 0 Å². The molecule has 0 saturated heterocycles. The number of benzene rings is 2. The van der Waals surface area contributed by atoms with Gasteiger partial charge in [-0.05, 0) is 36.2 Å². The number of anilines is 1. The Bertz CT molecular complexity index is 1030. The van der Waals surface area contributed by atoms with E-state index in [-0.39, 0.29) is 17.9 Å². The van der Waals surface area contributed by atoms with E-state index in [1.165, 1.54) is 0 Å². The van der Waals surface area contributed by atoms with Crippen LogP contribution in [0.25, 0.3) is 0 Å². The maximum atomic E-state index is 12.6. The van der Waals surface area contributed by atoms with Gasteiger partial charge in [0.05, 0.1) is 17.5 Å². The van der Waals surface area contributed by atoms with E-state index in [1.54, 1.807) is 18.3 Å². The van der Waals surface area contributed by atoms with Gasteiger partial charge in [-0.2, -0.15) is 5.10 Å². The summed E-state index contributed by atoms with van der Waals surface area (Å²) in [4.78, 5) is 24.9. The summed E-state index contributed by atoms with van der Waals surface area (Å²) < 4.78 is 1.86. The Hall–Kier alpha value is -3.45. The molecule has 4 N–H and O–H groups in total. The van der Waals surface area contributed by atoms with Gasteiger partial charge in [0.2, 0.25) is 0 Å². The predicted molar refractivity (Wildman–Crippen MR) is 111 cm³/mol. The minimum atomic E-state index is -0.172. The molecule has 0 spiro atoms. The Morgan fingerprint density at radius 2 is 1.93 bits per heavy atom. The number of carbonyl (C=O) groups is 2. The number of nitrogens with one attached hydrogen (secondary N) is 2. The number of carbonyl (C=O) groups excluding carboxylic acids is 2. The molecule has 0 fully saturated rings. The third-order valence-electron chi connectivity index (χ3n) is 5.03. The van der Waals surface area contributed by atoms with Crippen molar-refractivity contribution in [2.75, 3.05) is 5.32 Å². The topological polar surface area (TPSA) is 102 Å². The summed E-state index contributed by atoms with van der Waals surface area (Å²) in [5.41, 5.74) is 9.67. The molecule has 0 saturated carbocycles. The average molecular weight is 389 g/mol. The maximum absolute atomic E-state index is 12.6. The molecule has 1 unspecified atom stereocenters. The molecule has 1 aliphatic rings. The van der Waals surface area contributed by atoms with Gasteiger partial charge < -0.3 is 16.4 Å². The van der Waals surface area contributed by atoms with Crippen LogP contribution in [0.1, 0.15) is 38.4 Å². The molecule has 2 aromatic carbocycles. The molecule has 2 heterocycles. The SMILES string of the molecule is NC1CCn2ncc(C(=O)NCc3cccc(NC(=O)c4ccccc4)c3)c2C1. The summed E-state index contributed by atoms with van der Waals surface area (Å²) in [6.07, 6.45) is 3.14. The number of aromatic nitrogens is 2. The zero-order chi connectivity index (χ0) is 20.2. The molecule has 7 nitrogen and oxygen atoms in total. The first-order valence-electron chi connectivity index (χ1n) is 9.64. The van der Waals surface area contributed by atoms with Gasteiger partial charge in [-0.1, -0.05) is 30.3 Å². The normalized spacial score (nSPS) is 15.4. The minimum Gasteiger partial charge on any atom is -0.348 e. The van der Waals surface area contributed by atoms with Crippen LogP contribution in [0.4, 0.5) is 5.69 Å². The zero-order valence-electron chi connectivity index (χ0n) is 16.0. The largest absolute Gasteiger partial charge is 0.348 e. The lowest BCUT2D eigenvalue weighted by atomic mass is 10.0. The molecule has 148 valence electrons. The summed E-state index contributed by atoms with van der Waals surface area (Å²) in [5, 5.41) is 10.1. The monoisotopic (exact) mass is 389 g/mol. The van der Waals surface area contributed by atoms with Crippen molar-refractivity contribution < 1.29 is 9.59 Å². The number of aryl methyl sites for hydroxylation is 1. The third-order valence-corrected chi connectivity index (χ3v) is 5.03. The highest BCUT2D eigenvalue weighted by atomic mass is 16.2. The van der Waals surface area contributed by atoms with Crippen LogP contribution in [-0.2, 0) is 19.5 Å². The van der Waals surface area contributed by atoms with Gasteiger partial charge in [-0.3, -0.25) is 14.3 Å². The summed E-state index contributed by atoms with van der Waals surface area (Å²) in [6, 6.07) is 16.5. The van der Waals surface area contributed by atoms with E-state index in [1.807, 2.05) is 47.1 Å². The third kappa shape index (κ3) is 4.35. The van der Waals surface area contributed by atoms with Crippen LogP contribution >= 0.6 is 0 Å². The Balaban J connectivity index is 1.39. The second kappa shape index (κ2) is 8.28. The molecular formula is C22H23N5O2. The van der Waals surface area contributed by atoms with Crippen molar-refractivity contribution in [3.8, 4) is 0 Å². The highest BCUT2D eigenvalue weighted by molar-refractivity contribution is 6.04. The highest BCUT2D eigenvalue weighted by Crippen LogP contribution is 2.18. The van der Waals surface area contributed by atoms with Gasteiger partial charge in [-0.25, -0.2) is 0 Å². The Morgan fingerprint density at radius 3 is 2.76 bits per heavy atom. The molecule has 0 aliphatic carbocycles. The molecule has 1 atom stereocenters. The molecule has 7 heteroatoms. The molecule has 3 aromatic rings. The fourth-order valence-electron chi connectivity index (χ4n) is 3.48. The highest BCUT2D eigenvalue weighted by Gasteiger charge is 2.23. The number of fused-ring (bicyclic) bond motifs is 1. The summed E-state index contributed by atoms with van der Waals surface area (Å²) in [5.74, 6) is -0.339. The van der Waals surface area contributed by atoms with Gasteiger partial charge in [0.1, 0.15) is 0 Å². The number of amides is 2. The van der Waals surface area contributed by atoms with Crippen molar-refractivity contribution in [2.24, 2.45) is 5.73 Å². The first-order chi connectivity index (χ1) is 14.1. The molecular weight excluding hydrogens is 366 g/mol. The van der Waals surface area contributed by atoms with E-state index in [9.17, 15) is 9.59 Å². The van der Waals surface area contributed by atoms with Crippen molar-refractivity contribution in [2.45, 2.75) is 32.0 Å². The van der Waals surface area contributed by atoms with E-state index in [0.717, 1.165) is 24.2 Å². The smallest absolute Gasteiger partial charge is 0.255 e. The standard InChI is InChI=1S/C22H23N5O2/c23-17-9-10-27-20(12-17)19(14-25-27)22(29)24-13-15-5-4-8-18(11-15)26-21(28)16-6-2-1-3-7-16/h1-8,11,14,17H,9-10,12-13,23H2,(H,24,29)(H,26,28). The van der Waals surface area contributed by atoms with Crippen molar-refractivity contribution in [3.05, 3.63) is 83.2 Å². The maximum Gasteiger partial charge on any atom is 0.255 e. The number of hydrogen-bond donors (Lipinski definition) is 3. The first-order valence-corrected chi connectivity index (χ1v) is 9.64. The van der Waals surface area contributed by atoms with Crippen LogP contribution in [-0.4, -0.2) is 27.6 Å². The van der Waals surface area contributed by atoms with Crippen LogP contribution in [0, 0.1) is 0 Å². The van der Waals surface area contributed by atoms with E-state index in [4.69, 9.17) is 5.73 Å². The van der Waals surface area contributed by atoms with Crippen LogP contribution in [0.2, 0.25) is 0 Å². The van der Waals surface area contributed by atoms with E-state index < -0.39 is 0 Å². The molecule has 2 amide bonds. The Morgan fingerprint density at radius 1 is 1.10 bits per heavy atom. The second-order valence-corrected chi connectivity index (χ2v) is 7.18.